The zero-order valence-electron chi connectivity index (χ0n) is 14.5. The van der Waals surface area contributed by atoms with E-state index in [2.05, 4.69) is 55.2 Å². The molecule has 124 valence electrons. The first-order valence-corrected chi connectivity index (χ1v) is 8.49. The summed E-state index contributed by atoms with van der Waals surface area (Å²) in [5.41, 5.74) is 2.73. The van der Waals surface area contributed by atoms with Crippen LogP contribution in [0.25, 0.3) is 0 Å². The number of benzene rings is 1. The van der Waals surface area contributed by atoms with Gasteiger partial charge in [0.05, 0.1) is 6.10 Å². The van der Waals surface area contributed by atoms with Crippen LogP contribution < -0.4 is 0 Å². The second-order valence-electron chi connectivity index (χ2n) is 7.42. The van der Waals surface area contributed by atoms with Crippen LogP contribution >= 0.6 is 0 Å². The van der Waals surface area contributed by atoms with Gasteiger partial charge in [-0.15, -0.1) is 0 Å². The maximum absolute atomic E-state index is 5.58. The normalized spacial score (nSPS) is 21.2. The van der Waals surface area contributed by atoms with Crippen LogP contribution in [0.3, 0.4) is 0 Å². The Morgan fingerprint density at radius 3 is 2.48 bits per heavy atom. The van der Waals surface area contributed by atoms with Crippen LogP contribution in [0.1, 0.15) is 69.3 Å². The molecule has 1 aromatic heterocycles. The first kappa shape index (κ1) is 16.2. The molecule has 1 fully saturated rings. The lowest BCUT2D eigenvalue weighted by Crippen LogP contribution is -2.29. The van der Waals surface area contributed by atoms with Crippen molar-refractivity contribution in [1.82, 2.24) is 10.1 Å². The Morgan fingerprint density at radius 2 is 1.87 bits per heavy atom. The Labute approximate surface area is 138 Å². The molecule has 23 heavy (non-hydrogen) atoms. The van der Waals surface area contributed by atoms with Crippen molar-refractivity contribution < 1.29 is 9.26 Å². The van der Waals surface area contributed by atoms with E-state index in [4.69, 9.17) is 9.26 Å². The summed E-state index contributed by atoms with van der Waals surface area (Å²) < 4.78 is 11.0. The van der Waals surface area contributed by atoms with Crippen molar-refractivity contribution in [2.45, 2.75) is 64.4 Å². The maximum atomic E-state index is 5.58. The molecule has 0 spiro atoms. The van der Waals surface area contributed by atoms with E-state index in [1.165, 1.54) is 11.1 Å². The van der Waals surface area contributed by atoms with E-state index < -0.39 is 0 Å². The van der Waals surface area contributed by atoms with E-state index in [0.29, 0.717) is 12.0 Å². The maximum Gasteiger partial charge on any atom is 0.229 e. The van der Waals surface area contributed by atoms with Crippen LogP contribution in [0.5, 0.6) is 0 Å². The minimum atomic E-state index is 0.180. The van der Waals surface area contributed by atoms with Crippen molar-refractivity contribution in [3.05, 3.63) is 47.1 Å². The minimum Gasteiger partial charge on any atom is -0.378 e. The van der Waals surface area contributed by atoms with Crippen LogP contribution in [0.4, 0.5) is 0 Å². The van der Waals surface area contributed by atoms with E-state index in [9.17, 15) is 0 Å². The molecule has 0 N–H and O–H groups in total. The predicted molar refractivity (Wildman–Crippen MR) is 89.6 cm³/mol. The molecule has 0 amide bonds. The first-order valence-electron chi connectivity index (χ1n) is 8.49. The van der Waals surface area contributed by atoms with E-state index in [-0.39, 0.29) is 5.41 Å². The molecule has 2 aromatic rings. The van der Waals surface area contributed by atoms with Crippen LogP contribution in [0.15, 0.2) is 28.8 Å². The minimum absolute atomic E-state index is 0.180. The zero-order valence-corrected chi connectivity index (χ0v) is 14.5. The lowest BCUT2D eigenvalue weighted by molar-refractivity contribution is -0.00961. The average molecular weight is 314 g/mol. The fourth-order valence-electron chi connectivity index (χ4n) is 2.95. The average Bonchev–Trinajstić information content (AvgIpc) is 2.90. The van der Waals surface area contributed by atoms with E-state index in [0.717, 1.165) is 37.6 Å². The monoisotopic (exact) mass is 314 g/mol. The van der Waals surface area contributed by atoms with Gasteiger partial charge in [0, 0.05) is 18.9 Å². The van der Waals surface area contributed by atoms with E-state index in [1.807, 2.05) is 6.92 Å². The predicted octanol–water partition coefficient (Wildman–Crippen LogP) is 4.24. The molecule has 0 bridgehead atoms. The SMILES string of the molecule is CCOC1CC(c2nc(Cc3ccc(C(C)(C)C)cc3)no2)C1. The molecule has 1 aliphatic carbocycles. The summed E-state index contributed by atoms with van der Waals surface area (Å²) in [5.74, 6) is 1.90. The number of ether oxygens (including phenoxy) is 1. The van der Waals surface area contributed by atoms with Crippen molar-refractivity contribution >= 4 is 0 Å². The lowest BCUT2D eigenvalue weighted by Gasteiger charge is -2.32. The Kier molecular flexibility index (Phi) is 4.53. The van der Waals surface area contributed by atoms with Crippen molar-refractivity contribution in [3.63, 3.8) is 0 Å². The number of rotatable bonds is 5. The summed E-state index contributed by atoms with van der Waals surface area (Å²) >= 11 is 0. The molecule has 4 heteroatoms. The summed E-state index contributed by atoms with van der Waals surface area (Å²) in [5, 5.41) is 4.13. The molecular weight excluding hydrogens is 288 g/mol. The van der Waals surface area contributed by atoms with Crippen LogP contribution in [-0.2, 0) is 16.6 Å². The Balaban J connectivity index is 1.59. The topological polar surface area (TPSA) is 48.2 Å². The third-order valence-corrected chi connectivity index (χ3v) is 4.51. The molecule has 0 unspecified atom stereocenters. The molecule has 3 rings (SSSR count). The number of hydrogen-bond acceptors (Lipinski definition) is 4. The molecule has 0 atom stereocenters. The highest BCUT2D eigenvalue weighted by Crippen LogP contribution is 2.37. The molecule has 1 saturated carbocycles. The second kappa shape index (κ2) is 6.44. The van der Waals surface area contributed by atoms with Gasteiger partial charge in [-0.05, 0) is 36.3 Å². The van der Waals surface area contributed by atoms with Gasteiger partial charge in [-0.1, -0.05) is 50.2 Å². The molecule has 1 heterocycles. The number of hydrogen-bond donors (Lipinski definition) is 0. The molecule has 0 radical (unpaired) electrons. The smallest absolute Gasteiger partial charge is 0.229 e. The van der Waals surface area contributed by atoms with Gasteiger partial charge in [-0.25, -0.2) is 0 Å². The molecular formula is C19H26N2O2. The molecule has 4 nitrogen and oxygen atoms in total. The van der Waals surface area contributed by atoms with Crippen LogP contribution in [-0.4, -0.2) is 22.9 Å². The highest BCUT2D eigenvalue weighted by atomic mass is 16.5. The zero-order chi connectivity index (χ0) is 16.4. The summed E-state index contributed by atoms with van der Waals surface area (Å²) in [6, 6.07) is 8.69. The van der Waals surface area contributed by atoms with Crippen molar-refractivity contribution in [1.29, 1.82) is 0 Å². The van der Waals surface area contributed by atoms with Gasteiger partial charge >= 0.3 is 0 Å². The van der Waals surface area contributed by atoms with Gasteiger partial charge in [0.15, 0.2) is 5.82 Å². The summed E-state index contributed by atoms with van der Waals surface area (Å²) in [6.07, 6.45) is 3.08. The van der Waals surface area contributed by atoms with Crippen molar-refractivity contribution in [2.75, 3.05) is 6.61 Å². The van der Waals surface area contributed by atoms with Gasteiger partial charge in [-0.3, -0.25) is 0 Å². The Bertz CT molecular complexity index is 634. The Hall–Kier alpha value is -1.68. The Morgan fingerprint density at radius 1 is 1.17 bits per heavy atom. The van der Waals surface area contributed by atoms with Crippen molar-refractivity contribution in [2.24, 2.45) is 0 Å². The third-order valence-electron chi connectivity index (χ3n) is 4.51. The fourth-order valence-corrected chi connectivity index (χ4v) is 2.95. The molecule has 0 aliphatic heterocycles. The molecule has 1 aromatic carbocycles. The number of aromatic nitrogens is 2. The van der Waals surface area contributed by atoms with E-state index >= 15 is 0 Å². The largest absolute Gasteiger partial charge is 0.378 e. The van der Waals surface area contributed by atoms with Gasteiger partial charge in [0.2, 0.25) is 5.89 Å². The van der Waals surface area contributed by atoms with Crippen LogP contribution in [0, 0.1) is 0 Å². The summed E-state index contributed by atoms with van der Waals surface area (Å²) in [6.45, 7) is 9.48. The van der Waals surface area contributed by atoms with Crippen LogP contribution in [0.2, 0.25) is 0 Å². The molecule has 0 saturated heterocycles. The standard InChI is InChI=1S/C19H26N2O2/c1-5-22-16-11-14(12-16)18-20-17(21-23-18)10-13-6-8-15(9-7-13)19(2,3)4/h6-9,14,16H,5,10-12H2,1-4H3. The summed E-state index contributed by atoms with van der Waals surface area (Å²) in [4.78, 5) is 4.56. The summed E-state index contributed by atoms with van der Waals surface area (Å²) in [7, 11) is 0. The second-order valence-corrected chi connectivity index (χ2v) is 7.42. The quantitative estimate of drug-likeness (QED) is 0.828. The first-order chi connectivity index (χ1) is 11.0. The lowest BCUT2D eigenvalue weighted by atomic mass is 9.82. The van der Waals surface area contributed by atoms with Gasteiger partial charge < -0.3 is 9.26 Å². The van der Waals surface area contributed by atoms with Gasteiger partial charge in [0.25, 0.3) is 0 Å². The highest BCUT2D eigenvalue weighted by Gasteiger charge is 2.34. The van der Waals surface area contributed by atoms with Crippen molar-refractivity contribution in [3.8, 4) is 0 Å². The highest BCUT2D eigenvalue weighted by molar-refractivity contribution is 5.29. The number of nitrogens with zero attached hydrogens (tertiary/aromatic N) is 2. The van der Waals surface area contributed by atoms with Gasteiger partial charge in [-0.2, -0.15) is 4.98 Å². The fraction of sp³-hybridized carbons (Fsp3) is 0.579. The molecule has 1 aliphatic rings. The van der Waals surface area contributed by atoms with Gasteiger partial charge in [0.1, 0.15) is 0 Å². The third kappa shape index (κ3) is 3.81. The van der Waals surface area contributed by atoms with E-state index in [1.54, 1.807) is 0 Å².